The van der Waals surface area contributed by atoms with Crippen LogP contribution < -0.4 is 10.1 Å². The lowest BCUT2D eigenvalue weighted by atomic mass is 9.97. The molecule has 0 spiro atoms. The van der Waals surface area contributed by atoms with Crippen molar-refractivity contribution in [3.05, 3.63) is 65.6 Å². The third kappa shape index (κ3) is 6.66. The van der Waals surface area contributed by atoms with Crippen LogP contribution in [0.4, 0.5) is 5.69 Å². The molecule has 2 aromatic rings. The Labute approximate surface area is 195 Å². The molecule has 2 saturated heterocycles. The highest BCUT2D eigenvalue weighted by molar-refractivity contribution is 7.92. The van der Waals surface area contributed by atoms with Gasteiger partial charge < -0.3 is 14.8 Å². The van der Waals surface area contributed by atoms with Gasteiger partial charge in [-0.25, -0.2) is 8.42 Å². The molecule has 0 bridgehead atoms. The number of hydrogen-bond acceptors (Lipinski definition) is 5. The molecule has 7 nitrogen and oxygen atoms in total. The number of hydrogen-bond donors (Lipinski definition) is 1. The van der Waals surface area contributed by atoms with E-state index in [4.69, 9.17) is 9.47 Å². The predicted octanol–water partition coefficient (Wildman–Crippen LogP) is 3.90. The number of benzene rings is 2. The number of carbonyl (C=O) groups is 1. The first kappa shape index (κ1) is 23.5. The predicted molar refractivity (Wildman–Crippen MR) is 128 cm³/mol. The smallest absolute Gasteiger partial charge is 0.236 e. The zero-order valence-electron chi connectivity index (χ0n) is 18.6. The third-order valence-electron chi connectivity index (χ3n) is 5.98. The zero-order valence-corrected chi connectivity index (χ0v) is 19.4. The number of anilines is 1. The van der Waals surface area contributed by atoms with Crippen LogP contribution in [0, 0.1) is 5.92 Å². The van der Waals surface area contributed by atoms with Gasteiger partial charge in [-0.15, -0.1) is 0 Å². The van der Waals surface area contributed by atoms with Gasteiger partial charge >= 0.3 is 0 Å². The Kier molecular flexibility index (Phi) is 7.80. The molecule has 1 unspecified atom stereocenters. The maximum Gasteiger partial charge on any atom is 0.236 e. The largest absolute Gasteiger partial charge is 0.491 e. The average Bonchev–Trinajstić information content (AvgIpc) is 3.36. The van der Waals surface area contributed by atoms with Gasteiger partial charge in [0.25, 0.3) is 0 Å². The third-order valence-corrected chi connectivity index (χ3v) is 7.54. The molecule has 2 heterocycles. The second-order valence-corrected chi connectivity index (χ2v) is 10.2. The molecule has 1 amide bonds. The minimum Gasteiger partial charge on any atom is -0.491 e. The number of nitrogens with one attached hydrogen (secondary N) is 1. The van der Waals surface area contributed by atoms with Crippen LogP contribution in [0.25, 0.3) is 6.08 Å². The highest BCUT2D eigenvalue weighted by atomic mass is 32.2. The first-order valence-corrected chi connectivity index (χ1v) is 12.9. The molecule has 1 N–H and O–H groups in total. The maximum atomic E-state index is 12.8. The average molecular weight is 471 g/mol. The van der Waals surface area contributed by atoms with Gasteiger partial charge in [0, 0.05) is 42.8 Å². The molecule has 2 aliphatic heterocycles. The summed E-state index contributed by atoms with van der Waals surface area (Å²) < 4.78 is 38.1. The SMILES string of the molecule is O=C(Nc1cccc(OCC2CCCO2)c1)C1CCN(S(=O)(=O)/C=C/c2ccccc2)CC1. The number of rotatable bonds is 8. The first-order valence-electron chi connectivity index (χ1n) is 11.4. The normalized spacial score (nSPS) is 20.2. The summed E-state index contributed by atoms with van der Waals surface area (Å²) in [6, 6.07) is 16.6. The summed E-state index contributed by atoms with van der Waals surface area (Å²) in [6.07, 6.45) is 4.77. The molecule has 8 heteroatoms. The van der Waals surface area contributed by atoms with E-state index in [0.29, 0.717) is 44.0 Å². The Bertz CT molecular complexity index is 1060. The maximum absolute atomic E-state index is 12.8. The van der Waals surface area contributed by atoms with Gasteiger partial charge in [-0.3, -0.25) is 4.79 Å². The van der Waals surface area contributed by atoms with Gasteiger partial charge in [-0.1, -0.05) is 36.4 Å². The van der Waals surface area contributed by atoms with E-state index in [2.05, 4.69) is 5.32 Å². The fourth-order valence-corrected chi connectivity index (χ4v) is 5.28. The summed E-state index contributed by atoms with van der Waals surface area (Å²) in [7, 11) is -3.51. The molecule has 1 atom stereocenters. The molecule has 2 fully saturated rings. The van der Waals surface area contributed by atoms with Gasteiger partial charge in [-0.05, 0) is 49.5 Å². The number of sulfonamides is 1. The number of piperidine rings is 1. The van der Waals surface area contributed by atoms with Crippen molar-refractivity contribution in [2.24, 2.45) is 5.92 Å². The van der Waals surface area contributed by atoms with Gasteiger partial charge in [0.1, 0.15) is 12.4 Å². The van der Waals surface area contributed by atoms with Crippen LogP contribution in [-0.2, 0) is 19.6 Å². The van der Waals surface area contributed by atoms with E-state index in [1.807, 2.05) is 48.5 Å². The minimum absolute atomic E-state index is 0.0943. The molecule has 0 aliphatic carbocycles. The van der Waals surface area contributed by atoms with Crippen LogP contribution in [0.15, 0.2) is 60.0 Å². The van der Waals surface area contributed by atoms with E-state index in [1.54, 1.807) is 12.1 Å². The minimum atomic E-state index is -3.51. The number of ether oxygens (including phenoxy) is 2. The quantitative estimate of drug-likeness (QED) is 0.633. The standard InChI is InChI=1S/C25H30N2O5S/c28-25(26-22-8-4-9-23(18-22)32-19-24-10-5-16-31-24)21-11-14-27(15-12-21)33(29,30)17-13-20-6-2-1-3-7-20/h1-4,6-9,13,17-18,21,24H,5,10-12,14-16,19H2,(H,26,28)/b17-13+. The first-order chi connectivity index (χ1) is 16.0. The van der Waals surface area contributed by atoms with Crippen molar-refractivity contribution in [1.82, 2.24) is 4.31 Å². The van der Waals surface area contributed by atoms with Gasteiger partial charge in [0.15, 0.2) is 0 Å². The molecule has 4 rings (SSSR count). The second kappa shape index (κ2) is 11.0. The highest BCUT2D eigenvalue weighted by Gasteiger charge is 2.30. The van der Waals surface area contributed by atoms with Gasteiger partial charge in [0.2, 0.25) is 15.9 Å². The Morgan fingerprint density at radius 2 is 1.88 bits per heavy atom. The molecular weight excluding hydrogens is 440 g/mol. The van der Waals surface area contributed by atoms with E-state index in [0.717, 1.165) is 25.0 Å². The van der Waals surface area contributed by atoms with Gasteiger partial charge in [-0.2, -0.15) is 4.31 Å². The zero-order chi connectivity index (χ0) is 23.1. The van der Waals surface area contributed by atoms with Crippen LogP contribution >= 0.6 is 0 Å². The highest BCUT2D eigenvalue weighted by Crippen LogP contribution is 2.24. The molecule has 0 aromatic heterocycles. The summed E-state index contributed by atoms with van der Waals surface area (Å²) in [5.41, 5.74) is 1.50. The van der Waals surface area contributed by atoms with Crippen molar-refractivity contribution < 1.29 is 22.7 Å². The van der Waals surface area contributed by atoms with E-state index in [9.17, 15) is 13.2 Å². The molecule has 33 heavy (non-hydrogen) atoms. The second-order valence-electron chi connectivity index (χ2n) is 8.39. The lowest BCUT2D eigenvalue weighted by molar-refractivity contribution is -0.120. The molecule has 176 valence electrons. The molecule has 2 aliphatic rings. The van der Waals surface area contributed by atoms with Crippen molar-refractivity contribution >= 4 is 27.7 Å². The van der Waals surface area contributed by atoms with Crippen molar-refractivity contribution in [2.75, 3.05) is 31.6 Å². The summed E-state index contributed by atoms with van der Waals surface area (Å²) in [6.45, 7) is 1.94. The summed E-state index contributed by atoms with van der Waals surface area (Å²) in [5, 5.41) is 4.19. The van der Waals surface area contributed by atoms with E-state index in [-0.39, 0.29) is 17.9 Å². The Morgan fingerprint density at radius 3 is 2.61 bits per heavy atom. The lowest BCUT2D eigenvalue weighted by Gasteiger charge is -2.29. The number of amides is 1. The van der Waals surface area contributed by atoms with Crippen molar-refractivity contribution in [3.63, 3.8) is 0 Å². The molecule has 0 saturated carbocycles. The van der Waals surface area contributed by atoms with Gasteiger partial charge in [0.05, 0.1) is 6.10 Å². The lowest BCUT2D eigenvalue weighted by Crippen LogP contribution is -2.40. The summed E-state index contributed by atoms with van der Waals surface area (Å²) in [4.78, 5) is 12.8. The van der Waals surface area contributed by atoms with Crippen molar-refractivity contribution in [2.45, 2.75) is 31.8 Å². The van der Waals surface area contributed by atoms with Crippen molar-refractivity contribution in [1.29, 1.82) is 0 Å². The topological polar surface area (TPSA) is 84.9 Å². The Balaban J connectivity index is 1.27. The van der Waals surface area contributed by atoms with E-state index < -0.39 is 10.0 Å². The van der Waals surface area contributed by atoms with Crippen LogP contribution in [-0.4, -0.2) is 51.0 Å². The van der Waals surface area contributed by atoms with Crippen LogP contribution in [0.1, 0.15) is 31.2 Å². The Hall–Kier alpha value is -2.68. The van der Waals surface area contributed by atoms with E-state index >= 15 is 0 Å². The Morgan fingerprint density at radius 1 is 1.09 bits per heavy atom. The molecular formula is C25H30N2O5S. The van der Waals surface area contributed by atoms with Crippen molar-refractivity contribution in [3.8, 4) is 5.75 Å². The number of nitrogens with zero attached hydrogens (tertiary/aromatic N) is 1. The molecule has 2 aromatic carbocycles. The molecule has 0 radical (unpaired) electrons. The van der Waals surface area contributed by atoms with Crippen LogP contribution in [0.2, 0.25) is 0 Å². The van der Waals surface area contributed by atoms with Crippen LogP contribution in [0.3, 0.4) is 0 Å². The summed E-state index contributed by atoms with van der Waals surface area (Å²) >= 11 is 0. The fourth-order valence-electron chi connectivity index (χ4n) is 4.06. The summed E-state index contributed by atoms with van der Waals surface area (Å²) in [5.74, 6) is 0.364. The number of carbonyl (C=O) groups excluding carboxylic acids is 1. The fraction of sp³-hybridized carbons (Fsp3) is 0.400. The van der Waals surface area contributed by atoms with Crippen LogP contribution in [0.5, 0.6) is 5.75 Å². The van der Waals surface area contributed by atoms with E-state index in [1.165, 1.54) is 9.71 Å². The monoisotopic (exact) mass is 470 g/mol.